The molecule has 2 aliphatic heterocycles. The molecule has 0 saturated carbocycles. The van der Waals surface area contributed by atoms with Crippen LogP contribution >= 0.6 is 0 Å². The monoisotopic (exact) mass is 137 g/mol. The van der Waals surface area contributed by atoms with Gasteiger partial charge in [-0.3, -0.25) is 4.79 Å². The Morgan fingerprint density at radius 2 is 2.60 bits per heavy atom. The fraction of sp³-hybridized carbons (Fsp3) is 0.625. The number of hydrogen-bond donors (Lipinski definition) is 0. The molecule has 0 aliphatic carbocycles. The van der Waals surface area contributed by atoms with Gasteiger partial charge in [0.05, 0.1) is 0 Å². The first-order valence-electron chi connectivity index (χ1n) is 3.74. The predicted octanol–water partition coefficient (Wildman–Crippen LogP) is 0.795. The number of ketones is 1. The lowest BCUT2D eigenvalue weighted by atomic mass is 9.97. The summed E-state index contributed by atoms with van der Waals surface area (Å²) in [5.41, 5.74) is 1.05. The van der Waals surface area contributed by atoms with E-state index in [1.165, 1.54) is 6.42 Å². The van der Waals surface area contributed by atoms with Crippen LogP contribution in [0, 0.1) is 5.92 Å². The van der Waals surface area contributed by atoms with E-state index in [0.29, 0.717) is 5.92 Å². The molecular formula is C8H11NO. The van der Waals surface area contributed by atoms with Crippen molar-refractivity contribution in [1.82, 2.24) is 4.90 Å². The highest BCUT2D eigenvalue weighted by Crippen LogP contribution is 2.31. The highest BCUT2D eigenvalue weighted by atomic mass is 16.1. The maximum absolute atomic E-state index is 10.9. The molecule has 2 heterocycles. The molecule has 10 heavy (non-hydrogen) atoms. The Labute approximate surface area is 60.5 Å². The van der Waals surface area contributed by atoms with Crippen LogP contribution in [0.4, 0.5) is 0 Å². The summed E-state index contributed by atoms with van der Waals surface area (Å²) in [6.07, 6.45) is 3.21. The Hall–Kier alpha value is -0.790. The van der Waals surface area contributed by atoms with E-state index >= 15 is 0 Å². The van der Waals surface area contributed by atoms with Gasteiger partial charge in [0.15, 0.2) is 5.78 Å². The number of rotatable bonds is 1. The van der Waals surface area contributed by atoms with Crippen molar-refractivity contribution in [3.05, 3.63) is 11.8 Å². The van der Waals surface area contributed by atoms with Gasteiger partial charge in [-0.25, -0.2) is 0 Å². The van der Waals surface area contributed by atoms with Gasteiger partial charge in [-0.15, -0.1) is 0 Å². The number of nitrogens with zero attached hydrogens (tertiary/aromatic N) is 1. The molecule has 0 aromatic rings. The summed E-state index contributed by atoms with van der Waals surface area (Å²) in [6.45, 7) is 3.91. The molecular weight excluding hydrogens is 126 g/mol. The molecule has 1 fully saturated rings. The Morgan fingerprint density at radius 3 is 2.90 bits per heavy atom. The zero-order valence-electron chi connectivity index (χ0n) is 6.13. The van der Waals surface area contributed by atoms with Gasteiger partial charge in [0.2, 0.25) is 0 Å². The van der Waals surface area contributed by atoms with E-state index in [9.17, 15) is 4.79 Å². The zero-order chi connectivity index (χ0) is 7.14. The van der Waals surface area contributed by atoms with E-state index in [1.807, 2.05) is 6.20 Å². The van der Waals surface area contributed by atoms with Crippen LogP contribution in [0.15, 0.2) is 11.8 Å². The molecule has 0 aromatic heterocycles. The molecule has 0 amide bonds. The minimum absolute atomic E-state index is 0.257. The number of Topliss-reactive ketones (excluding diaryl/α,β-unsaturated/α-hetero) is 1. The molecule has 0 N–H and O–H groups in total. The first-order chi connectivity index (χ1) is 4.77. The van der Waals surface area contributed by atoms with Gasteiger partial charge in [0.25, 0.3) is 0 Å². The number of hydrogen-bond acceptors (Lipinski definition) is 2. The lowest BCUT2D eigenvalue weighted by Gasteiger charge is -2.09. The summed E-state index contributed by atoms with van der Waals surface area (Å²) in [7, 11) is 0. The van der Waals surface area contributed by atoms with Crippen LogP contribution in [-0.2, 0) is 4.79 Å². The zero-order valence-corrected chi connectivity index (χ0v) is 6.13. The smallest absolute Gasteiger partial charge is 0.157 e. The second-order valence-corrected chi connectivity index (χ2v) is 3.12. The van der Waals surface area contributed by atoms with Crippen molar-refractivity contribution in [2.24, 2.45) is 5.92 Å². The molecule has 0 aromatic carbocycles. The van der Waals surface area contributed by atoms with Crippen molar-refractivity contribution in [3.63, 3.8) is 0 Å². The van der Waals surface area contributed by atoms with E-state index in [0.717, 1.165) is 18.7 Å². The van der Waals surface area contributed by atoms with Crippen LogP contribution in [0.2, 0.25) is 0 Å². The quantitative estimate of drug-likeness (QED) is 0.532. The Bertz CT molecular complexity index is 207. The number of fused-ring (bicyclic) bond motifs is 2. The Kier molecular flexibility index (Phi) is 1.10. The molecule has 2 rings (SSSR count). The highest BCUT2D eigenvalue weighted by molar-refractivity contribution is 5.94. The van der Waals surface area contributed by atoms with Crippen LogP contribution in [0.3, 0.4) is 0 Å². The van der Waals surface area contributed by atoms with Gasteiger partial charge < -0.3 is 4.90 Å². The summed E-state index contributed by atoms with van der Waals surface area (Å²) in [4.78, 5) is 13.2. The molecule has 0 spiro atoms. The molecule has 2 bridgehead atoms. The topological polar surface area (TPSA) is 20.3 Å². The largest absolute Gasteiger partial charge is 0.376 e. The van der Waals surface area contributed by atoms with Gasteiger partial charge in [0.1, 0.15) is 0 Å². The van der Waals surface area contributed by atoms with E-state index < -0.39 is 0 Å². The fourth-order valence-corrected chi connectivity index (χ4v) is 1.84. The minimum Gasteiger partial charge on any atom is -0.376 e. The van der Waals surface area contributed by atoms with Crippen LogP contribution in [0.5, 0.6) is 0 Å². The van der Waals surface area contributed by atoms with E-state index in [4.69, 9.17) is 0 Å². The van der Waals surface area contributed by atoms with Crippen molar-refractivity contribution < 1.29 is 4.79 Å². The molecule has 1 unspecified atom stereocenters. The van der Waals surface area contributed by atoms with Crippen LogP contribution in [0.1, 0.15) is 13.3 Å². The summed E-state index contributed by atoms with van der Waals surface area (Å²) < 4.78 is 0. The SMILES string of the molecule is CC(=O)C1=CN2CCC1C2. The van der Waals surface area contributed by atoms with E-state index in [2.05, 4.69) is 4.90 Å². The molecule has 1 atom stereocenters. The standard InChI is InChI=1S/C8H11NO/c1-6(10)8-5-9-3-2-7(8)4-9/h5,7H,2-4H2,1H3. The van der Waals surface area contributed by atoms with Gasteiger partial charge >= 0.3 is 0 Å². The Morgan fingerprint density at radius 1 is 1.80 bits per heavy atom. The number of carbonyl (C=O) groups is 1. The summed E-state index contributed by atoms with van der Waals surface area (Å²) in [5.74, 6) is 0.824. The third-order valence-electron chi connectivity index (χ3n) is 2.39. The average molecular weight is 137 g/mol. The Balaban J connectivity index is 2.25. The number of carbonyl (C=O) groups excluding carboxylic acids is 1. The van der Waals surface area contributed by atoms with Gasteiger partial charge in [0, 0.05) is 30.8 Å². The average Bonchev–Trinajstić information content (AvgIpc) is 2.44. The van der Waals surface area contributed by atoms with Gasteiger partial charge in [-0.05, 0) is 13.3 Å². The second-order valence-electron chi connectivity index (χ2n) is 3.12. The van der Waals surface area contributed by atoms with Crippen molar-refractivity contribution in [3.8, 4) is 0 Å². The van der Waals surface area contributed by atoms with Gasteiger partial charge in [-0.1, -0.05) is 0 Å². The normalized spacial score (nSPS) is 29.1. The third-order valence-corrected chi connectivity index (χ3v) is 2.39. The maximum Gasteiger partial charge on any atom is 0.157 e. The van der Waals surface area contributed by atoms with Crippen molar-refractivity contribution in [2.45, 2.75) is 13.3 Å². The van der Waals surface area contributed by atoms with Crippen molar-refractivity contribution in [1.29, 1.82) is 0 Å². The molecule has 2 nitrogen and oxygen atoms in total. The molecule has 2 aliphatic rings. The predicted molar refractivity (Wildman–Crippen MR) is 38.4 cm³/mol. The van der Waals surface area contributed by atoms with Crippen molar-refractivity contribution >= 4 is 5.78 Å². The van der Waals surface area contributed by atoms with Gasteiger partial charge in [-0.2, -0.15) is 0 Å². The molecule has 0 radical (unpaired) electrons. The lowest BCUT2D eigenvalue weighted by Crippen LogP contribution is -2.10. The summed E-state index contributed by atoms with van der Waals surface area (Å²) in [6, 6.07) is 0. The minimum atomic E-state index is 0.257. The van der Waals surface area contributed by atoms with Crippen LogP contribution < -0.4 is 0 Å². The summed E-state index contributed by atoms with van der Waals surface area (Å²) in [5, 5.41) is 0. The lowest BCUT2D eigenvalue weighted by molar-refractivity contribution is -0.114. The highest BCUT2D eigenvalue weighted by Gasteiger charge is 2.32. The van der Waals surface area contributed by atoms with E-state index in [1.54, 1.807) is 6.92 Å². The van der Waals surface area contributed by atoms with Crippen LogP contribution in [-0.4, -0.2) is 23.8 Å². The maximum atomic E-state index is 10.9. The summed E-state index contributed by atoms with van der Waals surface area (Å²) >= 11 is 0. The molecule has 1 saturated heterocycles. The van der Waals surface area contributed by atoms with E-state index in [-0.39, 0.29) is 5.78 Å². The van der Waals surface area contributed by atoms with Crippen molar-refractivity contribution in [2.75, 3.05) is 13.1 Å². The molecule has 2 heteroatoms. The first kappa shape index (κ1) is 5.96. The third kappa shape index (κ3) is 0.681. The van der Waals surface area contributed by atoms with Crippen LogP contribution in [0.25, 0.3) is 0 Å². The fourth-order valence-electron chi connectivity index (χ4n) is 1.84. The first-order valence-corrected chi connectivity index (χ1v) is 3.74. The molecule has 54 valence electrons. The second kappa shape index (κ2) is 1.84.